The summed E-state index contributed by atoms with van der Waals surface area (Å²) in [5.41, 5.74) is 12.1. The van der Waals surface area contributed by atoms with Gasteiger partial charge in [-0.2, -0.15) is 5.10 Å². The molecule has 0 fully saturated rings. The third-order valence-corrected chi connectivity index (χ3v) is 8.24. The van der Waals surface area contributed by atoms with Gasteiger partial charge in [-0.1, -0.05) is 55.4 Å². The van der Waals surface area contributed by atoms with E-state index in [0.29, 0.717) is 23.7 Å². The average molecular weight is 579 g/mol. The van der Waals surface area contributed by atoms with Gasteiger partial charge < -0.3 is 13.7 Å². The van der Waals surface area contributed by atoms with Crippen LogP contribution in [0.4, 0.5) is 0 Å². The second-order valence-corrected chi connectivity index (χ2v) is 13.1. The summed E-state index contributed by atoms with van der Waals surface area (Å²) in [6.07, 6.45) is 6.44. The quantitative estimate of drug-likeness (QED) is 0.242. The SMILES string of the molecule is CC(C)c1ccn(C)c1.Cc1c(C(C)C)nn(C)c1C.Cc1cn(C)c(C)c1C(C)C.Cc1nc(C(C)C)c(C)n1C. The van der Waals surface area contributed by atoms with E-state index in [1.54, 1.807) is 0 Å². The molecule has 0 bridgehead atoms. The van der Waals surface area contributed by atoms with E-state index in [1.807, 2.05) is 25.7 Å². The first-order chi connectivity index (χ1) is 19.3. The fraction of sp³-hybridized carbons (Fsp3) is 0.611. The van der Waals surface area contributed by atoms with Gasteiger partial charge in [0.15, 0.2) is 0 Å². The molecule has 4 heterocycles. The molecule has 0 aromatic carbocycles. The Balaban J connectivity index is 0.000000281. The molecular formula is C36H62N6. The maximum absolute atomic E-state index is 4.47. The maximum atomic E-state index is 4.47. The average Bonchev–Trinajstić information content (AvgIpc) is 3.59. The Bertz CT molecular complexity index is 1330. The lowest BCUT2D eigenvalue weighted by Crippen LogP contribution is -1.95. The minimum atomic E-state index is 0.537. The number of rotatable bonds is 4. The summed E-state index contributed by atoms with van der Waals surface area (Å²) in [5, 5.41) is 4.43. The summed E-state index contributed by atoms with van der Waals surface area (Å²) in [6, 6.07) is 2.16. The van der Waals surface area contributed by atoms with Crippen molar-refractivity contribution in [2.24, 2.45) is 28.2 Å². The predicted molar refractivity (Wildman–Crippen MR) is 182 cm³/mol. The highest BCUT2D eigenvalue weighted by molar-refractivity contribution is 5.32. The molecule has 0 radical (unpaired) electrons. The number of aryl methyl sites for hydroxylation is 5. The first kappa shape index (κ1) is 37.0. The van der Waals surface area contributed by atoms with Crippen LogP contribution in [-0.4, -0.2) is 28.5 Å². The fourth-order valence-electron chi connectivity index (χ4n) is 5.25. The first-order valence-corrected chi connectivity index (χ1v) is 15.6. The van der Waals surface area contributed by atoms with Gasteiger partial charge in [-0.3, -0.25) is 4.68 Å². The van der Waals surface area contributed by atoms with E-state index in [2.05, 4.69) is 153 Å². The molecule has 0 aliphatic carbocycles. The number of imidazole rings is 1. The summed E-state index contributed by atoms with van der Waals surface area (Å²) >= 11 is 0. The van der Waals surface area contributed by atoms with Crippen LogP contribution < -0.4 is 0 Å². The van der Waals surface area contributed by atoms with E-state index >= 15 is 0 Å². The minimum absolute atomic E-state index is 0.537. The Hall–Kier alpha value is -3.02. The summed E-state index contributed by atoms with van der Waals surface area (Å²) in [7, 11) is 8.21. The molecule has 6 heteroatoms. The van der Waals surface area contributed by atoms with E-state index in [0.717, 1.165) is 5.82 Å². The van der Waals surface area contributed by atoms with Crippen molar-refractivity contribution in [1.29, 1.82) is 0 Å². The molecular weight excluding hydrogens is 516 g/mol. The van der Waals surface area contributed by atoms with Crippen LogP contribution in [0, 0.1) is 41.5 Å². The van der Waals surface area contributed by atoms with Gasteiger partial charge in [0.25, 0.3) is 0 Å². The van der Waals surface area contributed by atoms with Crippen molar-refractivity contribution in [3.05, 3.63) is 81.2 Å². The van der Waals surface area contributed by atoms with Crippen LogP contribution >= 0.6 is 0 Å². The molecule has 4 aromatic rings. The normalized spacial score (nSPS) is 11.0. The summed E-state index contributed by atoms with van der Waals surface area (Å²) in [6.45, 7) is 30.4. The molecule has 6 nitrogen and oxygen atoms in total. The fourth-order valence-corrected chi connectivity index (χ4v) is 5.25. The van der Waals surface area contributed by atoms with E-state index in [4.69, 9.17) is 0 Å². The Morgan fingerprint density at radius 1 is 0.619 bits per heavy atom. The van der Waals surface area contributed by atoms with Gasteiger partial charge in [0.1, 0.15) is 5.82 Å². The zero-order valence-corrected chi connectivity index (χ0v) is 30.3. The Labute approximate surface area is 258 Å². The van der Waals surface area contributed by atoms with Crippen molar-refractivity contribution in [3.63, 3.8) is 0 Å². The van der Waals surface area contributed by atoms with Gasteiger partial charge >= 0.3 is 0 Å². The monoisotopic (exact) mass is 579 g/mol. The van der Waals surface area contributed by atoms with Gasteiger partial charge in [0.2, 0.25) is 0 Å². The molecule has 0 amide bonds. The van der Waals surface area contributed by atoms with Gasteiger partial charge in [-0.15, -0.1) is 0 Å². The smallest absolute Gasteiger partial charge is 0.105 e. The zero-order chi connectivity index (χ0) is 32.6. The van der Waals surface area contributed by atoms with Crippen LogP contribution in [0.15, 0.2) is 24.7 Å². The summed E-state index contributed by atoms with van der Waals surface area (Å²) < 4.78 is 8.36. The molecule has 42 heavy (non-hydrogen) atoms. The molecule has 0 aliphatic rings. The minimum Gasteiger partial charge on any atom is -0.357 e. The molecule has 0 saturated carbocycles. The molecule has 4 rings (SSSR count). The zero-order valence-electron chi connectivity index (χ0n) is 30.3. The van der Waals surface area contributed by atoms with Crippen molar-refractivity contribution >= 4 is 0 Å². The van der Waals surface area contributed by atoms with Gasteiger partial charge in [-0.05, 0) is 93.5 Å². The van der Waals surface area contributed by atoms with Crippen molar-refractivity contribution in [3.8, 4) is 0 Å². The van der Waals surface area contributed by atoms with Gasteiger partial charge in [0.05, 0.1) is 11.4 Å². The molecule has 0 aliphatic heterocycles. The topological polar surface area (TPSA) is 45.5 Å². The lowest BCUT2D eigenvalue weighted by molar-refractivity contribution is 0.698. The Morgan fingerprint density at radius 3 is 1.36 bits per heavy atom. The van der Waals surface area contributed by atoms with Crippen molar-refractivity contribution in [2.75, 3.05) is 0 Å². The lowest BCUT2D eigenvalue weighted by Gasteiger charge is -2.06. The Morgan fingerprint density at radius 2 is 1.17 bits per heavy atom. The highest BCUT2D eigenvalue weighted by Gasteiger charge is 2.12. The van der Waals surface area contributed by atoms with Gasteiger partial charge in [0, 0.05) is 63.9 Å². The highest BCUT2D eigenvalue weighted by Crippen LogP contribution is 2.23. The van der Waals surface area contributed by atoms with E-state index in [1.165, 1.54) is 50.7 Å². The summed E-state index contributed by atoms with van der Waals surface area (Å²) in [5.74, 6) is 3.48. The standard InChI is InChI=1S/C10H17N.2C9H16N2.C8H13N/c1-7(2)10-8(3)6-11(5)9(10)4;1-6(2)9-7(3)11(5)8(4)10-9;1-6(2)9-7(3)8(4)11(5)10-9;1-7(2)8-4-5-9(3)6-8/h6-7H,1-5H3;2*6H,1-5H3;4-7H,1-3H3. The molecule has 0 saturated heterocycles. The molecule has 0 N–H and O–H groups in total. The van der Waals surface area contributed by atoms with E-state index < -0.39 is 0 Å². The van der Waals surface area contributed by atoms with Crippen molar-refractivity contribution in [1.82, 2.24) is 28.5 Å². The summed E-state index contributed by atoms with van der Waals surface area (Å²) in [4.78, 5) is 4.47. The lowest BCUT2D eigenvalue weighted by atomic mass is 10.0. The van der Waals surface area contributed by atoms with Crippen LogP contribution in [0.1, 0.15) is 136 Å². The van der Waals surface area contributed by atoms with Crippen LogP contribution in [0.2, 0.25) is 0 Å². The largest absolute Gasteiger partial charge is 0.357 e. The number of hydrogen-bond acceptors (Lipinski definition) is 2. The molecule has 4 aromatic heterocycles. The first-order valence-electron chi connectivity index (χ1n) is 15.6. The highest BCUT2D eigenvalue weighted by atomic mass is 15.3. The number of aromatic nitrogens is 6. The molecule has 0 unspecified atom stereocenters. The van der Waals surface area contributed by atoms with Crippen LogP contribution in [-0.2, 0) is 28.2 Å². The second-order valence-electron chi connectivity index (χ2n) is 13.1. The van der Waals surface area contributed by atoms with Crippen molar-refractivity contribution in [2.45, 2.75) is 121 Å². The van der Waals surface area contributed by atoms with E-state index in [-0.39, 0.29) is 0 Å². The van der Waals surface area contributed by atoms with Gasteiger partial charge in [-0.25, -0.2) is 4.98 Å². The number of hydrogen-bond donors (Lipinski definition) is 0. The van der Waals surface area contributed by atoms with Crippen LogP contribution in [0.5, 0.6) is 0 Å². The maximum Gasteiger partial charge on any atom is 0.105 e. The van der Waals surface area contributed by atoms with Crippen molar-refractivity contribution < 1.29 is 0 Å². The third-order valence-electron chi connectivity index (χ3n) is 8.24. The molecule has 0 spiro atoms. The number of nitrogens with zero attached hydrogens (tertiary/aromatic N) is 6. The Kier molecular flexibility index (Phi) is 14.1. The predicted octanol–water partition coefficient (Wildman–Crippen LogP) is 9.23. The van der Waals surface area contributed by atoms with Crippen LogP contribution in [0.3, 0.4) is 0 Å². The molecule has 236 valence electrons. The molecule has 0 atom stereocenters. The van der Waals surface area contributed by atoms with Crippen LogP contribution in [0.25, 0.3) is 0 Å². The third kappa shape index (κ3) is 9.78. The van der Waals surface area contributed by atoms with E-state index in [9.17, 15) is 0 Å². The second kappa shape index (κ2) is 16.0.